The zero-order chi connectivity index (χ0) is 18.7. The van der Waals surface area contributed by atoms with Gasteiger partial charge in [-0.1, -0.05) is 18.5 Å². The lowest BCUT2D eigenvalue weighted by Crippen LogP contribution is -2.33. The lowest BCUT2D eigenvalue weighted by Gasteiger charge is -2.33. The highest BCUT2D eigenvalue weighted by Gasteiger charge is 2.21. The minimum absolute atomic E-state index is 0.0504. The van der Waals surface area contributed by atoms with Gasteiger partial charge in [0.2, 0.25) is 0 Å². The van der Waals surface area contributed by atoms with Gasteiger partial charge in [-0.3, -0.25) is 14.9 Å². The first-order chi connectivity index (χ1) is 12.4. The fraction of sp³-hybridized carbons (Fsp3) is 0.316. The smallest absolute Gasteiger partial charge is 0.271 e. The van der Waals surface area contributed by atoms with Crippen LogP contribution in [0, 0.1) is 16.0 Å². The Bertz CT molecular complexity index is 815. The Morgan fingerprint density at radius 1 is 1.19 bits per heavy atom. The number of carbonyl (C=O) groups is 1. The first kappa shape index (κ1) is 18.2. The quantitative estimate of drug-likeness (QED) is 0.620. The molecule has 26 heavy (non-hydrogen) atoms. The fourth-order valence-corrected chi connectivity index (χ4v) is 3.18. The van der Waals surface area contributed by atoms with E-state index in [2.05, 4.69) is 17.1 Å². The second-order valence-electron chi connectivity index (χ2n) is 6.59. The molecule has 0 radical (unpaired) electrons. The van der Waals surface area contributed by atoms with Crippen LogP contribution in [-0.4, -0.2) is 23.9 Å². The number of nitro benzene ring substituents is 1. The van der Waals surface area contributed by atoms with Crippen molar-refractivity contribution in [3.63, 3.8) is 0 Å². The Labute approximate surface area is 156 Å². The van der Waals surface area contributed by atoms with E-state index in [1.54, 1.807) is 30.3 Å². The number of anilines is 2. The van der Waals surface area contributed by atoms with Crippen molar-refractivity contribution in [2.24, 2.45) is 5.92 Å². The number of benzene rings is 2. The molecule has 0 atom stereocenters. The maximum absolute atomic E-state index is 12.6. The van der Waals surface area contributed by atoms with Crippen LogP contribution >= 0.6 is 11.6 Å². The molecule has 7 heteroatoms. The minimum Gasteiger partial charge on any atom is -0.370 e. The molecule has 2 aromatic rings. The average Bonchev–Trinajstić information content (AvgIpc) is 2.63. The summed E-state index contributed by atoms with van der Waals surface area (Å²) in [5, 5.41) is 14.5. The first-order valence-corrected chi connectivity index (χ1v) is 8.92. The zero-order valence-corrected chi connectivity index (χ0v) is 15.2. The molecule has 0 unspecified atom stereocenters. The van der Waals surface area contributed by atoms with Crippen molar-refractivity contribution in [1.82, 2.24) is 0 Å². The number of non-ortho nitro benzene ring substituents is 1. The van der Waals surface area contributed by atoms with Gasteiger partial charge in [0.05, 0.1) is 16.3 Å². The summed E-state index contributed by atoms with van der Waals surface area (Å²) >= 11 is 5.86. The van der Waals surface area contributed by atoms with Gasteiger partial charge in [0.1, 0.15) is 0 Å². The summed E-state index contributed by atoms with van der Waals surface area (Å²) in [6.07, 6.45) is 2.11. The highest BCUT2D eigenvalue weighted by atomic mass is 35.5. The summed E-state index contributed by atoms with van der Waals surface area (Å²) in [5.74, 6) is 0.338. The van der Waals surface area contributed by atoms with Gasteiger partial charge in [0.25, 0.3) is 11.6 Å². The van der Waals surface area contributed by atoms with Crippen molar-refractivity contribution >= 4 is 34.6 Å². The molecule has 0 saturated carbocycles. The largest absolute Gasteiger partial charge is 0.370 e. The lowest BCUT2D eigenvalue weighted by molar-refractivity contribution is -0.384. The Kier molecular flexibility index (Phi) is 5.42. The fourth-order valence-electron chi connectivity index (χ4n) is 3.06. The molecule has 1 saturated heterocycles. The van der Waals surface area contributed by atoms with E-state index >= 15 is 0 Å². The summed E-state index contributed by atoms with van der Waals surface area (Å²) in [6.45, 7) is 3.95. The third-order valence-electron chi connectivity index (χ3n) is 4.67. The lowest BCUT2D eigenvalue weighted by atomic mass is 9.98. The SMILES string of the molecule is CC1CCN(c2ccc([N+](=O)[O-])cc2NC(=O)c2ccc(Cl)cc2)CC1. The van der Waals surface area contributed by atoms with Crippen LogP contribution in [0.15, 0.2) is 42.5 Å². The molecule has 0 aliphatic carbocycles. The number of nitro groups is 1. The molecule has 1 fully saturated rings. The second-order valence-corrected chi connectivity index (χ2v) is 7.03. The molecule has 1 aliphatic heterocycles. The maximum atomic E-state index is 12.6. The number of nitrogens with zero attached hydrogens (tertiary/aromatic N) is 2. The van der Waals surface area contributed by atoms with Gasteiger partial charge in [-0.2, -0.15) is 0 Å². The Morgan fingerprint density at radius 2 is 1.85 bits per heavy atom. The topological polar surface area (TPSA) is 75.5 Å². The van der Waals surface area contributed by atoms with Crippen molar-refractivity contribution in [3.8, 4) is 0 Å². The van der Waals surface area contributed by atoms with E-state index in [1.165, 1.54) is 12.1 Å². The standard InChI is InChI=1S/C19H20ClN3O3/c1-13-8-10-22(11-9-13)18-7-6-16(23(25)26)12-17(18)21-19(24)14-2-4-15(20)5-3-14/h2-7,12-13H,8-11H2,1H3,(H,21,24). The van der Waals surface area contributed by atoms with Gasteiger partial charge in [-0.05, 0) is 49.1 Å². The maximum Gasteiger partial charge on any atom is 0.271 e. The molecule has 1 aliphatic rings. The third kappa shape index (κ3) is 4.14. The number of rotatable bonds is 4. The number of halogens is 1. The molecule has 0 spiro atoms. The van der Waals surface area contributed by atoms with Gasteiger partial charge in [0, 0.05) is 35.8 Å². The van der Waals surface area contributed by atoms with E-state index in [4.69, 9.17) is 11.6 Å². The van der Waals surface area contributed by atoms with E-state index in [1.807, 2.05) is 0 Å². The predicted molar refractivity (Wildman–Crippen MR) is 103 cm³/mol. The molecule has 2 aromatic carbocycles. The van der Waals surface area contributed by atoms with Gasteiger partial charge in [-0.25, -0.2) is 0 Å². The van der Waals surface area contributed by atoms with Gasteiger partial charge < -0.3 is 10.2 Å². The van der Waals surface area contributed by atoms with Crippen molar-refractivity contribution in [2.45, 2.75) is 19.8 Å². The molecule has 1 heterocycles. The molecule has 0 bridgehead atoms. The van der Waals surface area contributed by atoms with Gasteiger partial charge in [0.15, 0.2) is 0 Å². The van der Waals surface area contributed by atoms with Crippen molar-refractivity contribution in [3.05, 3.63) is 63.2 Å². The zero-order valence-electron chi connectivity index (χ0n) is 14.4. The van der Waals surface area contributed by atoms with Crippen LogP contribution in [0.2, 0.25) is 5.02 Å². The molecule has 0 aromatic heterocycles. The van der Waals surface area contributed by atoms with Gasteiger partial charge in [-0.15, -0.1) is 0 Å². The monoisotopic (exact) mass is 373 g/mol. The number of carbonyl (C=O) groups excluding carboxylic acids is 1. The molecule has 1 amide bonds. The minimum atomic E-state index is -0.458. The van der Waals surface area contributed by atoms with E-state index in [0.717, 1.165) is 31.6 Å². The van der Waals surface area contributed by atoms with Gasteiger partial charge >= 0.3 is 0 Å². The molecule has 6 nitrogen and oxygen atoms in total. The van der Waals surface area contributed by atoms with Crippen LogP contribution < -0.4 is 10.2 Å². The Hall–Kier alpha value is -2.60. The van der Waals surface area contributed by atoms with Crippen molar-refractivity contribution in [1.29, 1.82) is 0 Å². The van der Waals surface area contributed by atoms with E-state index in [-0.39, 0.29) is 11.6 Å². The van der Waals surface area contributed by atoms with Crippen LogP contribution in [0.25, 0.3) is 0 Å². The number of piperidine rings is 1. The second kappa shape index (κ2) is 7.74. The van der Waals surface area contributed by atoms with Crippen LogP contribution in [-0.2, 0) is 0 Å². The van der Waals surface area contributed by atoms with E-state index in [9.17, 15) is 14.9 Å². The molecular weight excluding hydrogens is 354 g/mol. The molecule has 136 valence electrons. The average molecular weight is 374 g/mol. The summed E-state index contributed by atoms with van der Waals surface area (Å²) in [4.78, 5) is 25.4. The number of hydrogen-bond donors (Lipinski definition) is 1. The molecule has 3 rings (SSSR count). The molecule has 1 N–H and O–H groups in total. The molecular formula is C19H20ClN3O3. The number of amides is 1. The van der Waals surface area contributed by atoms with Crippen molar-refractivity contribution in [2.75, 3.05) is 23.3 Å². The van der Waals surface area contributed by atoms with Crippen LogP contribution in [0.3, 0.4) is 0 Å². The summed E-state index contributed by atoms with van der Waals surface area (Å²) in [6, 6.07) is 11.1. The third-order valence-corrected chi connectivity index (χ3v) is 4.92. The Morgan fingerprint density at radius 3 is 2.46 bits per heavy atom. The summed E-state index contributed by atoms with van der Waals surface area (Å²) in [7, 11) is 0. The number of hydrogen-bond acceptors (Lipinski definition) is 4. The van der Waals surface area contributed by atoms with Crippen molar-refractivity contribution < 1.29 is 9.72 Å². The normalized spacial score (nSPS) is 14.9. The predicted octanol–water partition coefficient (Wildman–Crippen LogP) is 4.74. The Balaban J connectivity index is 1.89. The van der Waals surface area contributed by atoms with Crippen LogP contribution in [0.1, 0.15) is 30.1 Å². The summed E-state index contributed by atoms with van der Waals surface area (Å²) < 4.78 is 0. The first-order valence-electron chi connectivity index (χ1n) is 8.54. The number of nitrogens with one attached hydrogen (secondary N) is 1. The van der Waals surface area contributed by atoms with E-state index in [0.29, 0.717) is 22.2 Å². The van der Waals surface area contributed by atoms with E-state index < -0.39 is 4.92 Å². The highest BCUT2D eigenvalue weighted by molar-refractivity contribution is 6.30. The highest BCUT2D eigenvalue weighted by Crippen LogP contribution is 2.33. The van der Waals surface area contributed by atoms with Crippen LogP contribution in [0.5, 0.6) is 0 Å². The van der Waals surface area contributed by atoms with Crippen LogP contribution in [0.4, 0.5) is 17.1 Å². The summed E-state index contributed by atoms with van der Waals surface area (Å²) in [5.41, 5.74) is 1.66.